The first-order valence-corrected chi connectivity index (χ1v) is 12.3. The summed E-state index contributed by atoms with van der Waals surface area (Å²) in [5.41, 5.74) is 4.36. The lowest BCUT2D eigenvalue weighted by Crippen LogP contribution is -2.23. The Morgan fingerprint density at radius 1 is 1.06 bits per heavy atom. The summed E-state index contributed by atoms with van der Waals surface area (Å²) in [5.74, 6) is -0.573. The summed E-state index contributed by atoms with van der Waals surface area (Å²) in [5, 5.41) is 20.0. The first kappa shape index (κ1) is 21.7. The van der Waals surface area contributed by atoms with Crippen LogP contribution in [-0.2, 0) is 4.79 Å². The Labute approximate surface area is 210 Å². The number of aromatic nitrogens is 1. The molecule has 8 heteroatoms. The predicted molar refractivity (Wildman–Crippen MR) is 138 cm³/mol. The van der Waals surface area contributed by atoms with Gasteiger partial charge in [0, 0.05) is 16.7 Å². The normalized spacial score (nSPS) is 16.9. The quantitative estimate of drug-likeness (QED) is 0.448. The maximum Gasteiger partial charge on any atom is 0.279 e. The molecule has 0 saturated heterocycles. The number of hydrogen-bond acceptors (Lipinski definition) is 6. The highest BCUT2D eigenvalue weighted by molar-refractivity contribution is 7.17. The minimum absolute atomic E-state index is 0.135. The van der Waals surface area contributed by atoms with Gasteiger partial charge < -0.3 is 5.11 Å². The Kier molecular flexibility index (Phi) is 5.24. The molecule has 3 heterocycles. The minimum Gasteiger partial charge on any atom is -0.492 e. The number of amides is 1. The lowest BCUT2D eigenvalue weighted by Gasteiger charge is -2.21. The summed E-state index contributed by atoms with van der Waals surface area (Å²) in [6.45, 7) is 1.96. The maximum atomic E-state index is 12.8. The number of hydrogen-bond donors (Lipinski definition) is 1. The second kappa shape index (κ2) is 8.45. The smallest absolute Gasteiger partial charge is 0.279 e. The van der Waals surface area contributed by atoms with Crippen LogP contribution in [0.3, 0.4) is 0 Å². The van der Waals surface area contributed by atoms with E-state index in [1.54, 1.807) is 0 Å². The Bertz CT molecular complexity index is 1630. The molecular formula is C27H19ClN4O2S. The van der Waals surface area contributed by atoms with E-state index in [2.05, 4.69) is 9.98 Å². The molecule has 1 atom stereocenters. The topological polar surface area (TPSA) is 78.1 Å². The van der Waals surface area contributed by atoms with Crippen molar-refractivity contribution in [3.8, 4) is 5.88 Å². The van der Waals surface area contributed by atoms with Crippen LogP contribution < -0.4 is 15.6 Å². The zero-order valence-corrected chi connectivity index (χ0v) is 20.2. The molecule has 6 nitrogen and oxygen atoms in total. The number of rotatable bonds is 4. The molecule has 0 radical (unpaired) electrons. The van der Waals surface area contributed by atoms with Crippen LogP contribution in [0.4, 0.5) is 5.13 Å². The number of aromatic hydroxyl groups is 1. The lowest BCUT2D eigenvalue weighted by atomic mass is 9.99. The van der Waals surface area contributed by atoms with E-state index >= 15 is 0 Å². The van der Waals surface area contributed by atoms with E-state index in [1.807, 2.05) is 84.7 Å². The summed E-state index contributed by atoms with van der Waals surface area (Å²) in [6, 6.07) is 23.2. The highest BCUT2D eigenvalue weighted by Crippen LogP contribution is 2.43. The third kappa shape index (κ3) is 3.83. The number of anilines is 1. The Balaban J connectivity index is 1.47. The van der Waals surface area contributed by atoms with Gasteiger partial charge in [-0.15, -0.1) is 0 Å². The molecule has 0 saturated carbocycles. The van der Waals surface area contributed by atoms with Gasteiger partial charge in [0.15, 0.2) is 0 Å². The molecule has 2 aliphatic heterocycles. The molecule has 0 fully saturated rings. The van der Waals surface area contributed by atoms with Gasteiger partial charge >= 0.3 is 0 Å². The van der Waals surface area contributed by atoms with E-state index in [4.69, 9.17) is 16.7 Å². The average Bonchev–Trinajstić information content (AvgIpc) is 3.54. The summed E-state index contributed by atoms with van der Waals surface area (Å²) in [7, 11) is 0. The molecule has 1 amide bonds. The van der Waals surface area contributed by atoms with Crippen molar-refractivity contribution < 1.29 is 9.90 Å². The number of nitrogens with zero attached hydrogens (tertiary/aromatic N) is 4. The van der Waals surface area contributed by atoms with Gasteiger partial charge in [0.1, 0.15) is 4.88 Å². The molecule has 0 aliphatic carbocycles. The number of benzene rings is 3. The third-order valence-corrected chi connectivity index (χ3v) is 7.45. The lowest BCUT2D eigenvalue weighted by molar-refractivity contribution is -0.112. The molecule has 1 unspecified atom stereocenters. The van der Waals surface area contributed by atoms with Crippen LogP contribution in [0.1, 0.15) is 34.0 Å². The highest BCUT2D eigenvalue weighted by Gasteiger charge is 2.34. The van der Waals surface area contributed by atoms with Gasteiger partial charge in [-0.1, -0.05) is 77.0 Å². The van der Waals surface area contributed by atoms with Gasteiger partial charge in [-0.25, -0.2) is 10.0 Å². The van der Waals surface area contributed by atoms with Gasteiger partial charge in [0.2, 0.25) is 11.0 Å². The number of thiazole rings is 1. The van der Waals surface area contributed by atoms with E-state index in [0.717, 1.165) is 22.4 Å². The molecular weight excluding hydrogens is 480 g/mol. The Morgan fingerprint density at radius 3 is 2.60 bits per heavy atom. The molecule has 3 aromatic carbocycles. The van der Waals surface area contributed by atoms with Crippen LogP contribution in [-0.4, -0.2) is 21.7 Å². The van der Waals surface area contributed by atoms with E-state index in [-0.39, 0.29) is 17.8 Å². The van der Waals surface area contributed by atoms with Crippen LogP contribution in [0.15, 0.2) is 82.9 Å². The molecule has 1 aromatic heterocycles. The van der Waals surface area contributed by atoms with Gasteiger partial charge in [-0.05, 0) is 42.3 Å². The fourth-order valence-corrected chi connectivity index (χ4v) is 5.58. The molecule has 6 rings (SSSR count). The zero-order chi connectivity index (χ0) is 24.1. The number of fused-ring (bicyclic) bond motifs is 1. The second-order valence-electron chi connectivity index (χ2n) is 8.49. The van der Waals surface area contributed by atoms with Gasteiger partial charge in [0.25, 0.3) is 5.91 Å². The van der Waals surface area contributed by atoms with Crippen molar-refractivity contribution >= 4 is 45.3 Å². The number of hydrazone groups is 1. The summed E-state index contributed by atoms with van der Waals surface area (Å²) < 4.78 is 0. The van der Waals surface area contributed by atoms with Crippen molar-refractivity contribution in [2.75, 3.05) is 5.01 Å². The first-order valence-electron chi connectivity index (χ1n) is 11.1. The fourth-order valence-electron chi connectivity index (χ4n) is 4.45. The van der Waals surface area contributed by atoms with Crippen molar-refractivity contribution in [3.05, 3.63) is 110 Å². The summed E-state index contributed by atoms with van der Waals surface area (Å²) in [4.78, 5) is 21.8. The van der Waals surface area contributed by atoms with E-state index in [1.165, 1.54) is 11.3 Å². The maximum absolute atomic E-state index is 12.8. The molecule has 1 N–H and O–H groups in total. The van der Waals surface area contributed by atoms with Crippen LogP contribution in [0.25, 0.3) is 5.57 Å². The minimum atomic E-state index is -0.375. The number of halogens is 1. The number of carbonyl (C=O) groups is 1. The Hall–Kier alpha value is -3.81. The van der Waals surface area contributed by atoms with E-state index in [0.29, 0.717) is 37.6 Å². The summed E-state index contributed by atoms with van der Waals surface area (Å²) >= 11 is 7.37. The van der Waals surface area contributed by atoms with Crippen LogP contribution in [0.2, 0.25) is 5.02 Å². The standard InChI is InChI=1S/C27H19ClN4O2S/c1-15-7-12-20-19(13-15)23(25(33)29-20)24-26(34)30-27(35-24)32-22(17-8-10-18(28)11-9-17)14-21(31-32)16-5-3-2-4-6-16/h2-13,22,34H,14H2,1H3. The SMILES string of the molecule is Cc1ccc2c(c1)=C(c1sc(N3N=C(c4ccccc4)CC3c3ccc(Cl)cc3)nc1O)C(=O)N=2. The molecule has 4 aromatic rings. The van der Waals surface area contributed by atoms with Crippen molar-refractivity contribution in [2.24, 2.45) is 10.1 Å². The van der Waals surface area contributed by atoms with Crippen molar-refractivity contribution in [1.29, 1.82) is 0 Å². The molecule has 0 bridgehead atoms. The van der Waals surface area contributed by atoms with Crippen molar-refractivity contribution in [2.45, 2.75) is 19.4 Å². The molecule has 2 aliphatic rings. The highest BCUT2D eigenvalue weighted by atomic mass is 35.5. The third-order valence-electron chi connectivity index (χ3n) is 6.15. The molecule has 0 spiro atoms. The van der Waals surface area contributed by atoms with Crippen LogP contribution in [0.5, 0.6) is 5.88 Å². The van der Waals surface area contributed by atoms with Crippen LogP contribution >= 0.6 is 22.9 Å². The van der Waals surface area contributed by atoms with Gasteiger partial charge in [0.05, 0.1) is 22.7 Å². The largest absolute Gasteiger partial charge is 0.492 e. The predicted octanol–water partition coefficient (Wildman–Crippen LogP) is 4.53. The number of carbonyl (C=O) groups excluding carboxylic acids is 1. The van der Waals surface area contributed by atoms with Crippen molar-refractivity contribution in [3.63, 3.8) is 0 Å². The van der Waals surface area contributed by atoms with Gasteiger partial charge in [-0.2, -0.15) is 10.1 Å². The first-order chi connectivity index (χ1) is 17.0. The monoisotopic (exact) mass is 498 g/mol. The van der Waals surface area contributed by atoms with E-state index in [9.17, 15) is 9.90 Å². The molecule has 172 valence electrons. The van der Waals surface area contributed by atoms with Gasteiger partial charge in [-0.3, -0.25) is 4.79 Å². The number of aryl methyl sites for hydroxylation is 1. The fraction of sp³-hybridized carbons (Fsp3) is 0.111. The Morgan fingerprint density at radius 2 is 1.83 bits per heavy atom. The molecule has 35 heavy (non-hydrogen) atoms. The summed E-state index contributed by atoms with van der Waals surface area (Å²) in [6.07, 6.45) is 0.661. The second-order valence-corrected chi connectivity index (χ2v) is 9.90. The average molecular weight is 499 g/mol. The zero-order valence-electron chi connectivity index (χ0n) is 18.6. The van der Waals surface area contributed by atoms with Crippen LogP contribution in [0, 0.1) is 6.92 Å². The van der Waals surface area contributed by atoms with E-state index < -0.39 is 0 Å². The van der Waals surface area contributed by atoms with Crippen molar-refractivity contribution in [1.82, 2.24) is 4.98 Å².